The minimum absolute atomic E-state index is 0.00397. The lowest BCUT2D eigenvalue weighted by Gasteiger charge is -2.32. The molecule has 34 heavy (non-hydrogen) atoms. The van der Waals surface area contributed by atoms with Gasteiger partial charge in [-0.1, -0.05) is 0 Å². The maximum Gasteiger partial charge on any atom is 0.355 e. The molecule has 182 valence electrons. The molecule has 1 aromatic rings. The Labute approximate surface area is 198 Å². The van der Waals surface area contributed by atoms with Crippen molar-refractivity contribution >= 4 is 29.4 Å². The second kappa shape index (κ2) is 10.3. The second-order valence-corrected chi connectivity index (χ2v) is 8.48. The number of methoxy groups -OCH3 is 2. The molecule has 2 fully saturated rings. The summed E-state index contributed by atoms with van der Waals surface area (Å²) < 4.78 is 15.3. The standard InChI is InChI=1S/C24H29N3O7/c1-32-23(30)19-14-34-15-27(20(19)24(31)33-2)18-12-16(21(28)25-7-3-4-8-25)11-17(13-18)22(29)26-9-5-6-10-26/h11-13H,3-10,14-15H2,1-2H3. The van der Waals surface area contributed by atoms with Crippen LogP contribution < -0.4 is 4.90 Å². The summed E-state index contributed by atoms with van der Waals surface area (Å²) in [5, 5.41) is 0. The summed E-state index contributed by atoms with van der Waals surface area (Å²) in [5.74, 6) is -1.82. The van der Waals surface area contributed by atoms with E-state index in [2.05, 4.69) is 0 Å². The summed E-state index contributed by atoms with van der Waals surface area (Å²) in [7, 11) is 2.43. The normalized spacial score (nSPS) is 18.4. The van der Waals surface area contributed by atoms with Crippen molar-refractivity contribution in [2.75, 3.05) is 58.6 Å². The van der Waals surface area contributed by atoms with Gasteiger partial charge in [-0.3, -0.25) is 9.59 Å². The SMILES string of the molecule is COC(=O)C1=C(C(=O)OC)N(c2cc(C(=O)N3CCCC3)cc(C(=O)N3CCCC3)c2)COC1. The van der Waals surface area contributed by atoms with Crippen molar-refractivity contribution in [2.45, 2.75) is 25.7 Å². The fourth-order valence-corrected chi connectivity index (χ4v) is 4.57. The monoisotopic (exact) mass is 471 g/mol. The maximum absolute atomic E-state index is 13.2. The van der Waals surface area contributed by atoms with E-state index >= 15 is 0 Å². The Bertz CT molecular complexity index is 977. The molecule has 2 saturated heterocycles. The van der Waals surface area contributed by atoms with Gasteiger partial charge in [0.15, 0.2) is 0 Å². The predicted molar refractivity (Wildman–Crippen MR) is 121 cm³/mol. The minimum Gasteiger partial charge on any atom is -0.466 e. The summed E-state index contributed by atoms with van der Waals surface area (Å²) in [6.45, 7) is 2.44. The van der Waals surface area contributed by atoms with Crippen molar-refractivity contribution in [3.8, 4) is 0 Å². The van der Waals surface area contributed by atoms with Crippen LogP contribution in [-0.2, 0) is 23.8 Å². The molecular formula is C24H29N3O7. The van der Waals surface area contributed by atoms with E-state index in [9.17, 15) is 19.2 Å². The molecule has 0 unspecified atom stereocenters. The van der Waals surface area contributed by atoms with Crippen molar-refractivity contribution < 1.29 is 33.4 Å². The van der Waals surface area contributed by atoms with Crippen LogP contribution in [0.1, 0.15) is 46.4 Å². The quantitative estimate of drug-likeness (QED) is 0.596. The van der Waals surface area contributed by atoms with Gasteiger partial charge in [-0.2, -0.15) is 0 Å². The number of carbonyl (C=O) groups is 4. The second-order valence-electron chi connectivity index (χ2n) is 8.48. The van der Waals surface area contributed by atoms with Crippen LogP contribution in [0.2, 0.25) is 0 Å². The van der Waals surface area contributed by atoms with Crippen LogP contribution >= 0.6 is 0 Å². The van der Waals surface area contributed by atoms with E-state index in [0.29, 0.717) is 43.0 Å². The van der Waals surface area contributed by atoms with E-state index < -0.39 is 11.9 Å². The highest BCUT2D eigenvalue weighted by Gasteiger charge is 2.34. The lowest BCUT2D eigenvalue weighted by atomic mass is 10.0. The first-order chi connectivity index (χ1) is 16.4. The fourth-order valence-electron chi connectivity index (χ4n) is 4.57. The molecule has 2 amide bonds. The summed E-state index contributed by atoms with van der Waals surface area (Å²) in [4.78, 5) is 56.5. The average Bonchev–Trinajstić information content (AvgIpc) is 3.61. The number of hydrogen-bond acceptors (Lipinski definition) is 8. The molecule has 4 rings (SSSR count). The summed E-state index contributed by atoms with van der Waals surface area (Å²) in [5.41, 5.74) is 1.04. The Morgan fingerprint density at radius 2 is 1.26 bits per heavy atom. The van der Waals surface area contributed by atoms with E-state index in [1.807, 2.05) is 0 Å². The largest absolute Gasteiger partial charge is 0.466 e. The Morgan fingerprint density at radius 1 is 0.765 bits per heavy atom. The number of likely N-dealkylation sites (tertiary alicyclic amines) is 2. The molecule has 0 aliphatic carbocycles. The van der Waals surface area contributed by atoms with Gasteiger partial charge in [0.2, 0.25) is 0 Å². The number of nitrogens with zero attached hydrogens (tertiary/aromatic N) is 3. The van der Waals surface area contributed by atoms with Gasteiger partial charge in [0.25, 0.3) is 11.8 Å². The number of anilines is 1. The highest BCUT2D eigenvalue weighted by atomic mass is 16.5. The van der Waals surface area contributed by atoms with Crippen molar-refractivity contribution in [3.63, 3.8) is 0 Å². The lowest BCUT2D eigenvalue weighted by Crippen LogP contribution is -2.39. The molecule has 1 aromatic carbocycles. The molecule has 3 heterocycles. The summed E-state index contributed by atoms with van der Waals surface area (Å²) in [6, 6.07) is 4.85. The van der Waals surface area contributed by atoms with Crippen molar-refractivity contribution in [1.82, 2.24) is 9.80 Å². The Morgan fingerprint density at radius 3 is 1.74 bits per heavy atom. The van der Waals surface area contributed by atoms with Gasteiger partial charge < -0.3 is 28.9 Å². The summed E-state index contributed by atoms with van der Waals surface area (Å²) >= 11 is 0. The zero-order chi connectivity index (χ0) is 24.2. The van der Waals surface area contributed by atoms with Gasteiger partial charge in [0.1, 0.15) is 12.4 Å². The first kappa shape index (κ1) is 23.7. The molecule has 0 saturated carbocycles. The third-order valence-electron chi connectivity index (χ3n) is 6.34. The molecule has 3 aliphatic heterocycles. The third-order valence-corrected chi connectivity index (χ3v) is 6.34. The molecule has 0 bridgehead atoms. The molecule has 0 spiro atoms. The minimum atomic E-state index is -0.743. The molecule has 0 N–H and O–H groups in total. The van der Waals surface area contributed by atoms with E-state index in [0.717, 1.165) is 25.7 Å². The molecule has 10 heteroatoms. The molecule has 0 radical (unpaired) electrons. The van der Waals surface area contributed by atoms with Crippen LogP contribution in [-0.4, -0.2) is 87.3 Å². The highest BCUT2D eigenvalue weighted by molar-refractivity contribution is 6.05. The lowest BCUT2D eigenvalue weighted by molar-refractivity contribution is -0.140. The first-order valence-electron chi connectivity index (χ1n) is 11.4. The molecular weight excluding hydrogens is 442 g/mol. The fraction of sp³-hybridized carbons (Fsp3) is 0.500. The maximum atomic E-state index is 13.2. The third kappa shape index (κ3) is 4.63. The van der Waals surface area contributed by atoms with Gasteiger partial charge in [-0.15, -0.1) is 0 Å². The van der Waals surface area contributed by atoms with Crippen LogP contribution in [0, 0.1) is 0 Å². The van der Waals surface area contributed by atoms with Gasteiger partial charge in [0.05, 0.1) is 26.4 Å². The van der Waals surface area contributed by atoms with Crippen LogP contribution in [0.4, 0.5) is 5.69 Å². The predicted octanol–water partition coefficient (Wildman–Crippen LogP) is 1.55. The number of esters is 2. The number of hydrogen-bond donors (Lipinski definition) is 0. The Balaban J connectivity index is 1.81. The van der Waals surface area contributed by atoms with Crippen LogP contribution in [0.25, 0.3) is 0 Å². The van der Waals surface area contributed by atoms with E-state index in [1.165, 1.54) is 19.1 Å². The van der Waals surface area contributed by atoms with E-state index in [4.69, 9.17) is 14.2 Å². The Kier molecular flexibility index (Phi) is 7.16. The van der Waals surface area contributed by atoms with E-state index in [1.54, 1.807) is 28.0 Å². The number of ether oxygens (including phenoxy) is 3. The zero-order valence-electron chi connectivity index (χ0n) is 19.5. The van der Waals surface area contributed by atoms with Crippen LogP contribution in [0.3, 0.4) is 0 Å². The Hall–Kier alpha value is -3.40. The summed E-state index contributed by atoms with van der Waals surface area (Å²) in [6.07, 6.45) is 3.73. The molecule has 0 atom stereocenters. The van der Waals surface area contributed by atoms with E-state index in [-0.39, 0.29) is 36.4 Å². The molecule has 3 aliphatic rings. The average molecular weight is 472 g/mol. The van der Waals surface area contributed by atoms with Crippen molar-refractivity contribution in [2.24, 2.45) is 0 Å². The number of rotatable bonds is 5. The van der Waals surface area contributed by atoms with Crippen molar-refractivity contribution in [3.05, 3.63) is 40.6 Å². The van der Waals surface area contributed by atoms with Crippen LogP contribution in [0.15, 0.2) is 29.5 Å². The number of benzene rings is 1. The zero-order valence-corrected chi connectivity index (χ0v) is 19.5. The van der Waals surface area contributed by atoms with Crippen molar-refractivity contribution in [1.29, 1.82) is 0 Å². The number of amides is 2. The van der Waals surface area contributed by atoms with Gasteiger partial charge in [-0.25, -0.2) is 9.59 Å². The number of carbonyl (C=O) groups excluding carboxylic acids is 4. The topological polar surface area (TPSA) is 106 Å². The molecule has 10 nitrogen and oxygen atoms in total. The van der Waals surface area contributed by atoms with Crippen LogP contribution in [0.5, 0.6) is 0 Å². The van der Waals surface area contributed by atoms with Gasteiger partial charge in [-0.05, 0) is 43.9 Å². The van der Waals surface area contributed by atoms with Gasteiger partial charge >= 0.3 is 11.9 Å². The first-order valence-corrected chi connectivity index (χ1v) is 11.4. The molecule has 0 aromatic heterocycles. The smallest absolute Gasteiger partial charge is 0.355 e. The van der Waals surface area contributed by atoms with Gasteiger partial charge in [0, 0.05) is 43.0 Å². The highest BCUT2D eigenvalue weighted by Crippen LogP contribution is 2.30.